The summed E-state index contributed by atoms with van der Waals surface area (Å²) in [7, 11) is 5.30. The van der Waals surface area contributed by atoms with Gasteiger partial charge in [-0.1, -0.05) is 54.4 Å². The molecule has 3 fully saturated rings. The van der Waals surface area contributed by atoms with E-state index in [2.05, 4.69) is 20.4 Å². The summed E-state index contributed by atoms with van der Waals surface area (Å²) < 4.78 is 38.3. The number of esters is 1. The fraction of sp³-hybridized carbons (Fsp3) is 0.843. The Balaban J connectivity index is 1.20. The average Bonchev–Trinajstić information content (AvgIpc) is 3.98. The molecule has 1 unspecified atom stereocenters. The van der Waals surface area contributed by atoms with Crippen LogP contribution in [-0.4, -0.2) is 202 Å². The van der Waals surface area contributed by atoms with E-state index in [0.29, 0.717) is 55.5 Å². The maximum absolute atomic E-state index is 14.5. The molecule has 0 spiro atoms. The largest absolute Gasteiger partial charge is 0.459 e. The normalized spacial score (nSPS) is 43.0. The van der Waals surface area contributed by atoms with Crippen molar-refractivity contribution in [2.75, 3.05) is 47.4 Å². The Labute approximate surface area is 436 Å². The SMILES string of the molecule is CC[C@H]1OC(=O)[C@H](C)[C@@H](O[C@H]2C[C@@](C)(OC)[C@@H](O)[C@H](C)O2)[C@H](C)[C@@H](O[C@@H]2O[C@H](C)C[C@H](N(C)CCC3CN(C[C@H]4CC(c5cc(Cl)cc(Cl)c5)=NO4)N=N3)[C@H]2O)[C@](C)(O)C[C@@H](C)CN(C)[C@H](C)[C@@H](O)[C@]1(C)O. The van der Waals surface area contributed by atoms with Crippen molar-refractivity contribution in [1.29, 1.82) is 0 Å². The van der Waals surface area contributed by atoms with Crippen LogP contribution in [0.25, 0.3) is 0 Å². The molecule has 0 bridgehead atoms. The highest BCUT2D eigenvalue weighted by Gasteiger charge is 2.53. The van der Waals surface area contributed by atoms with Gasteiger partial charge in [0.25, 0.3) is 0 Å². The Bertz CT molecular complexity index is 2000. The van der Waals surface area contributed by atoms with Gasteiger partial charge in [-0.25, -0.2) is 0 Å². The maximum Gasteiger partial charge on any atom is 0.311 e. The Hall–Kier alpha value is -2.34. The van der Waals surface area contributed by atoms with E-state index >= 15 is 0 Å². The van der Waals surface area contributed by atoms with Gasteiger partial charge >= 0.3 is 5.97 Å². The van der Waals surface area contributed by atoms with Gasteiger partial charge in [-0.05, 0) is 112 Å². The van der Waals surface area contributed by atoms with Crippen LogP contribution in [0.4, 0.5) is 0 Å². The topological polar surface area (TPSA) is 230 Å². The van der Waals surface area contributed by atoms with Crippen molar-refractivity contribution in [2.24, 2.45) is 33.2 Å². The predicted octanol–water partition coefficient (Wildman–Crippen LogP) is 5.21. The zero-order valence-corrected chi connectivity index (χ0v) is 46.1. The van der Waals surface area contributed by atoms with E-state index < -0.39 is 102 Å². The van der Waals surface area contributed by atoms with Crippen LogP contribution in [0.2, 0.25) is 10.0 Å². The van der Waals surface area contributed by atoms with Gasteiger partial charge in [-0.3, -0.25) is 9.80 Å². The smallest absolute Gasteiger partial charge is 0.311 e. The Morgan fingerprint density at radius 2 is 1.62 bits per heavy atom. The molecule has 21 heteroatoms. The van der Waals surface area contributed by atoms with E-state index in [1.54, 1.807) is 47.6 Å². The first-order chi connectivity index (χ1) is 33.7. The molecule has 410 valence electrons. The van der Waals surface area contributed by atoms with Gasteiger partial charge in [0.15, 0.2) is 18.7 Å². The lowest BCUT2D eigenvalue weighted by Gasteiger charge is -2.49. The van der Waals surface area contributed by atoms with Crippen molar-refractivity contribution in [1.82, 2.24) is 14.8 Å². The number of aliphatic hydroxyl groups is 5. The molecule has 3 saturated heterocycles. The van der Waals surface area contributed by atoms with E-state index in [-0.39, 0.29) is 43.4 Å². The van der Waals surface area contributed by atoms with E-state index in [1.807, 2.05) is 56.9 Å². The summed E-state index contributed by atoms with van der Waals surface area (Å²) in [6.07, 6.45) is -8.01. The lowest BCUT2D eigenvalue weighted by atomic mass is 9.77. The molecule has 0 radical (unpaired) electrons. The maximum atomic E-state index is 14.5. The molecule has 0 aromatic heterocycles. The number of benzene rings is 1. The average molecular weight is 1060 g/mol. The van der Waals surface area contributed by atoms with E-state index in [4.69, 9.17) is 56.5 Å². The fourth-order valence-electron chi connectivity index (χ4n) is 11.6. The molecule has 5 aliphatic heterocycles. The highest BCUT2D eigenvalue weighted by atomic mass is 35.5. The molecule has 6 rings (SSSR count). The fourth-order valence-corrected chi connectivity index (χ4v) is 12.1. The van der Waals surface area contributed by atoms with Gasteiger partial charge < -0.3 is 68.6 Å². The summed E-state index contributed by atoms with van der Waals surface area (Å²) in [4.78, 5) is 24.3. The third-order valence-electron chi connectivity index (χ3n) is 16.0. The Morgan fingerprint density at radius 1 is 0.944 bits per heavy atom. The number of nitrogens with zero attached hydrogens (tertiary/aromatic N) is 6. The summed E-state index contributed by atoms with van der Waals surface area (Å²) in [6, 6.07) is 4.22. The molecule has 20 atom stereocenters. The van der Waals surface area contributed by atoms with Crippen LogP contribution < -0.4 is 0 Å². The minimum atomic E-state index is -1.84. The number of oxime groups is 1. The zero-order valence-electron chi connectivity index (χ0n) is 44.6. The number of rotatable bonds is 13. The molecule has 0 saturated carbocycles. The molecule has 1 aromatic carbocycles. The summed E-state index contributed by atoms with van der Waals surface area (Å²) in [6.45, 7) is 19.7. The number of likely N-dealkylation sites (N-methyl/N-ethyl adjacent to an activating group) is 2. The molecular weight excluding hydrogens is 975 g/mol. The highest BCUT2D eigenvalue weighted by molar-refractivity contribution is 6.35. The second-order valence-electron chi connectivity index (χ2n) is 22.3. The van der Waals surface area contributed by atoms with Crippen LogP contribution in [0.1, 0.15) is 113 Å². The molecule has 0 amide bonds. The molecule has 5 aliphatic rings. The number of carbonyl (C=O) groups excluding carboxylic acids is 1. The molecule has 72 heavy (non-hydrogen) atoms. The summed E-state index contributed by atoms with van der Waals surface area (Å²) in [5.74, 6) is -2.78. The van der Waals surface area contributed by atoms with Gasteiger partial charge in [0, 0.05) is 66.7 Å². The second-order valence-corrected chi connectivity index (χ2v) is 23.2. The number of hydrogen-bond donors (Lipinski definition) is 5. The number of aliphatic hydroxyl groups excluding tert-OH is 3. The number of ether oxygens (including phenoxy) is 6. The minimum Gasteiger partial charge on any atom is -0.459 e. The molecule has 5 N–H and O–H groups in total. The van der Waals surface area contributed by atoms with Crippen molar-refractivity contribution >= 4 is 34.9 Å². The van der Waals surface area contributed by atoms with Crippen LogP contribution in [0.15, 0.2) is 33.7 Å². The van der Waals surface area contributed by atoms with Gasteiger partial charge in [-0.2, -0.15) is 5.11 Å². The van der Waals surface area contributed by atoms with E-state index in [1.165, 1.54) is 14.0 Å². The van der Waals surface area contributed by atoms with E-state index in [9.17, 15) is 30.3 Å². The summed E-state index contributed by atoms with van der Waals surface area (Å²) in [5, 5.41) is 76.0. The predicted molar refractivity (Wildman–Crippen MR) is 270 cm³/mol. The van der Waals surface area contributed by atoms with E-state index in [0.717, 1.165) is 11.3 Å². The van der Waals surface area contributed by atoms with Gasteiger partial charge in [0.2, 0.25) is 0 Å². The first-order valence-electron chi connectivity index (χ1n) is 25.8. The number of hydrogen-bond acceptors (Lipinski definition) is 19. The third-order valence-corrected chi connectivity index (χ3v) is 16.5. The monoisotopic (exact) mass is 1060 g/mol. The molecular formula is C51H84Cl2N6O13. The Morgan fingerprint density at radius 3 is 2.28 bits per heavy atom. The number of methoxy groups -OCH3 is 1. The van der Waals surface area contributed by atoms with Crippen LogP contribution in [0.5, 0.6) is 0 Å². The van der Waals surface area contributed by atoms with Gasteiger partial charge in [0.1, 0.15) is 30.0 Å². The van der Waals surface area contributed by atoms with Crippen LogP contribution in [0.3, 0.4) is 0 Å². The van der Waals surface area contributed by atoms with Crippen molar-refractivity contribution in [3.05, 3.63) is 33.8 Å². The standard InChI is InChI=1S/C51H84Cl2N6O13/c1-14-40-51(10,65)44(61)31(6)58(12)24-27(2)22-49(8,64)46(29(4)43(30(5)47(63)69-40)70-41-23-50(9,66-13)45(62)32(7)68-41)71-48-42(60)39(17-28(3)67-48)57(11)16-15-36-25-59(56-54-36)26-37-21-38(55-72-37)33-18-34(52)20-35(53)19-33/h18-20,27-32,36-37,39-46,48,60-62,64-65H,14-17,21-26H2,1-13H3/t27-,28-,29+,30-,31-,32+,36?,37-,39+,40-,41+,42-,43+,44-,45+,46-,48+,49-,50-,51-/m1/s1. The first-order valence-corrected chi connectivity index (χ1v) is 26.5. The van der Waals surface area contributed by atoms with Crippen molar-refractivity contribution in [2.45, 2.75) is 210 Å². The lowest BCUT2D eigenvalue weighted by Crippen LogP contribution is -2.61. The van der Waals surface area contributed by atoms with Crippen LogP contribution >= 0.6 is 23.2 Å². The zero-order chi connectivity index (χ0) is 53.2. The van der Waals surface area contributed by atoms with Gasteiger partial charge in [0.05, 0.1) is 66.4 Å². The third kappa shape index (κ3) is 13.8. The van der Waals surface area contributed by atoms with Crippen molar-refractivity contribution < 1.29 is 63.6 Å². The summed E-state index contributed by atoms with van der Waals surface area (Å²) >= 11 is 12.5. The quantitative estimate of drug-likeness (QED) is 0.160. The lowest BCUT2D eigenvalue weighted by molar-refractivity contribution is -0.318. The minimum absolute atomic E-state index is 0.0924. The molecule has 5 heterocycles. The van der Waals surface area contributed by atoms with Crippen molar-refractivity contribution in [3.8, 4) is 0 Å². The summed E-state index contributed by atoms with van der Waals surface area (Å²) in [5.41, 5.74) is -2.95. The number of halogens is 2. The van der Waals surface area contributed by atoms with Crippen LogP contribution in [0, 0.1) is 17.8 Å². The van der Waals surface area contributed by atoms with Crippen molar-refractivity contribution in [3.63, 3.8) is 0 Å². The number of carbonyl (C=O) groups is 1. The molecule has 1 aromatic rings. The molecule has 19 nitrogen and oxygen atoms in total. The molecule has 0 aliphatic carbocycles. The highest BCUT2D eigenvalue weighted by Crippen LogP contribution is 2.40. The van der Waals surface area contributed by atoms with Gasteiger partial charge in [-0.15, -0.1) is 0 Å². The van der Waals surface area contributed by atoms with Crippen LogP contribution in [-0.2, 0) is 38.1 Å². The first kappa shape index (κ1) is 58.9. The second kappa shape index (κ2) is 24.3. The number of cyclic esters (lactones) is 1. The Kier molecular flexibility index (Phi) is 19.9.